The van der Waals surface area contributed by atoms with Gasteiger partial charge in [0.15, 0.2) is 12.6 Å². The molecular formula is C20H29ClN3O2+. The molecule has 2 atom stereocenters. The van der Waals surface area contributed by atoms with Crippen LogP contribution in [-0.2, 0) is 9.59 Å². The molecular weight excluding hydrogens is 350 g/mol. The normalized spacial score (nSPS) is 16.3. The van der Waals surface area contributed by atoms with Crippen molar-refractivity contribution in [2.24, 2.45) is 0 Å². The lowest BCUT2D eigenvalue weighted by Crippen LogP contribution is -3.15. The molecule has 0 bridgehead atoms. The maximum Gasteiger partial charge on any atom is 0.279 e. The van der Waals surface area contributed by atoms with Crippen molar-refractivity contribution in [3.05, 3.63) is 40.9 Å². The van der Waals surface area contributed by atoms with Crippen molar-refractivity contribution in [3.8, 4) is 0 Å². The quantitative estimate of drug-likeness (QED) is 0.607. The molecule has 1 unspecified atom stereocenters. The number of quaternary nitrogens is 1. The van der Waals surface area contributed by atoms with Gasteiger partial charge in [0.2, 0.25) is 0 Å². The van der Waals surface area contributed by atoms with Gasteiger partial charge < -0.3 is 15.5 Å². The summed E-state index contributed by atoms with van der Waals surface area (Å²) in [6.07, 6.45) is 8.06. The lowest BCUT2D eigenvalue weighted by Gasteiger charge is -2.21. The number of benzene rings is 1. The van der Waals surface area contributed by atoms with E-state index in [2.05, 4.69) is 16.7 Å². The maximum atomic E-state index is 12.3. The van der Waals surface area contributed by atoms with E-state index in [-0.39, 0.29) is 24.4 Å². The highest BCUT2D eigenvalue weighted by Gasteiger charge is 2.23. The monoisotopic (exact) mass is 378 g/mol. The van der Waals surface area contributed by atoms with E-state index in [1.54, 1.807) is 12.1 Å². The van der Waals surface area contributed by atoms with Crippen LogP contribution in [0.5, 0.6) is 0 Å². The molecule has 1 aromatic carbocycles. The van der Waals surface area contributed by atoms with Crippen LogP contribution in [-0.4, -0.2) is 38.0 Å². The minimum absolute atomic E-state index is 0.0237. The van der Waals surface area contributed by atoms with E-state index >= 15 is 0 Å². The highest BCUT2D eigenvalue weighted by molar-refractivity contribution is 6.33. The fourth-order valence-electron chi connectivity index (χ4n) is 3.02. The molecule has 2 amide bonds. The first-order chi connectivity index (χ1) is 12.5. The van der Waals surface area contributed by atoms with Crippen LogP contribution >= 0.6 is 11.6 Å². The summed E-state index contributed by atoms with van der Waals surface area (Å²) < 4.78 is 0. The van der Waals surface area contributed by atoms with Gasteiger partial charge in [-0.25, -0.2) is 0 Å². The Bertz CT molecular complexity index is 660. The third-order valence-corrected chi connectivity index (χ3v) is 5.18. The first-order valence-corrected chi connectivity index (χ1v) is 9.67. The van der Waals surface area contributed by atoms with E-state index in [9.17, 15) is 9.59 Å². The zero-order valence-corrected chi connectivity index (χ0v) is 16.4. The summed E-state index contributed by atoms with van der Waals surface area (Å²) in [4.78, 5) is 25.3. The molecule has 142 valence electrons. The second kappa shape index (κ2) is 10.3. The second-order valence-corrected chi connectivity index (χ2v) is 7.33. The summed E-state index contributed by atoms with van der Waals surface area (Å²) in [5.41, 5.74) is 2.04. The Morgan fingerprint density at radius 3 is 2.73 bits per heavy atom. The Balaban J connectivity index is 1.74. The topological polar surface area (TPSA) is 62.6 Å². The van der Waals surface area contributed by atoms with Crippen molar-refractivity contribution >= 4 is 29.1 Å². The van der Waals surface area contributed by atoms with Crippen LogP contribution in [0.25, 0.3) is 0 Å². The first-order valence-electron chi connectivity index (χ1n) is 9.29. The average Bonchev–Trinajstić information content (AvgIpc) is 2.63. The molecule has 1 aliphatic carbocycles. The molecule has 6 heteroatoms. The molecule has 0 saturated carbocycles. The summed E-state index contributed by atoms with van der Waals surface area (Å²) in [7, 11) is 1.85. The Hall–Kier alpha value is -1.85. The van der Waals surface area contributed by atoms with Gasteiger partial charge in [-0.15, -0.1) is 0 Å². The number of carbonyl (C=O) groups is 2. The van der Waals surface area contributed by atoms with E-state index in [4.69, 9.17) is 11.6 Å². The SMILES string of the molecule is C[C@@H](C(=O)NCCC1=CCCCC1)[NH+](C)CC(=O)Nc1ccccc1Cl. The van der Waals surface area contributed by atoms with Crippen LogP contribution in [0.4, 0.5) is 5.69 Å². The van der Waals surface area contributed by atoms with E-state index in [0.717, 1.165) is 24.2 Å². The highest BCUT2D eigenvalue weighted by Crippen LogP contribution is 2.20. The number of anilines is 1. The Labute approximate surface area is 160 Å². The molecule has 0 radical (unpaired) electrons. The Kier molecular flexibility index (Phi) is 8.13. The van der Waals surface area contributed by atoms with Gasteiger partial charge in [0.25, 0.3) is 11.8 Å². The third-order valence-electron chi connectivity index (χ3n) is 4.85. The minimum Gasteiger partial charge on any atom is -0.351 e. The number of halogens is 1. The van der Waals surface area contributed by atoms with Gasteiger partial charge in [-0.2, -0.15) is 0 Å². The van der Waals surface area contributed by atoms with Crippen LogP contribution < -0.4 is 15.5 Å². The molecule has 5 nitrogen and oxygen atoms in total. The van der Waals surface area contributed by atoms with Gasteiger partial charge in [0.1, 0.15) is 0 Å². The van der Waals surface area contributed by atoms with Crippen LogP contribution in [0.2, 0.25) is 5.02 Å². The Morgan fingerprint density at radius 1 is 1.27 bits per heavy atom. The number of hydrogen-bond donors (Lipinski definition) is 3. The number of carbonyl (C=O) groups excluding carboxylic acids is 2. The average molecular weight is 379 g/mol. The van der Waals surface area contributed by atoms with E-state index in [1.807, 2.05) is 26.1 Å². The van der Waals surface area contributed by atoms with Crippen LogP contribution in [0.1, 0.15) is 39.0 Å². The Morgan fingerprint density at radius 2 is 2.04 bits per heavy atom. The number of rotatable bonds is 8. The largest absolute Gasteiger partial charge is 0.351 e. The van der Waals surface area contributed by atoms with Crippen molar-refractivity contribution in [3.63, 3.8) is 0 Å². The van der Waals surface area contributed by atoms with E-state index in [1.165, 1.54) is 18.4 Å². The van der Waals surface area contributed by atoms with Gasteiger partial charge in [-0.3, -0.25) is 9.59 Å². The molecule has 3 N–H and O–H groups in total. The number of hydrogen-bond acceptors (Lipinski definition) is 2. The fourth-order valence-corrected chi connectivity index (χ4v) is 3.20. The van der Waals surface area contributed by atoms with Gasteiger partial charge in [0, 0.05) is 6.54 Å². The molecule has 2 rings (SSSR count). The zero-order chi connectivity index (χ0) is 18.9. The van der Waals surface area contributed by atoms with Crippen molar-refractivity contribution in [2.45, 2.75) is 45.1 Å². The molecule has 1 aliphatic rings. The van der Waals surface area contributed by atoms with E-state index in [0.29, 0.717) is 17.3 Å². The summed E-state index contributed by atoms with van der Waals surface area (Å²) in [6, 6.07) is 6.81. The summed E-state index contributed by atoms with van der Waals surface area (Å²) in [6.45, 7) is 2.70. The van der Waals surface area contributed by atoms with Gasteiger partial charge >= 0.3 is 0 Å². The third kappa shape index (κ3) is 6.46. The smallest absolute Gasteiger partial charge is 0.279 e. The van der Waals surface area contributed by atoms with Crippen LogP contribution in [0, 0.1) is 0 Å². The van der Waals surface area contributed by atoms with Gasteiger partial charge in [-0.05, 0) is 51.2 Å². The maximum absolute atomic E-state index is 12.3. The molecule has 26 heavy (non-hydrogen) atoms. The van der Waals surface area contributed by atoms with Crippen LogP contribution in [0.3, 0.4) is 0 Å². The molecule has 0 fully saturated rings. The van der Waals surface area contributed by atoms with Crippen molar-refractivity contribution < 1.29 is 14.5 Å². The minimum atomic E-state index is -0.299. The standard InChI is InChI=1S/C20H28ClN3O2/c1-15(20(26)22-13-12-16-8-4-3-5-9-16)24(2)14-19(25)23-18-11-7-6-10-17(18)21/h6-8,10-11,15H,3-5,9,12-14H2,1-2H3,(H,22,26)(H,23,25)/p+1/t15-/m0/s1. The molecule has 0 spiro atoms. The number of amides is 2. The zero-order valence-electron chi connectivity index (χ0n) is 15.6. The predicted molar refractivity (Wildman–Crippen MR) is 105 cm³/mol. The van der Waals surface area contributed by atoms with Crippen molar-refractivity contribution in [1.82, 2.24) is 5.32 Å². The van der Waals surface area contributed by atoms with Gasteiger partial charge in [-0.1, -0.05) is 35.4 Å². The molecule has 1 aromatic rings. The van der Waals surface area contributed by atoms with E-state index < -0.39 is 0 Å². The molecule has 0 heterocycles. The second-order valence-electron chi connectivity index (χ2n) is 6.92. The molecule has 0 saturated heterocycles. The van der Waals surface area contributed by atoms with Crippen molar-refractivity contribution in [2.75, 3.05) is 25.5 Å². The number of para-hydroxylation sites is 1. The summed E-state index contributed by atoms with van der Waals surface area (Å²) in [5.74, 6) is -0.188. The number of nitrogens with one attached hydrogen (secondary N) is 3. The number of likely N-dealkylation sites (N-methyl/N-ethyl adjacent to an activating group) is 1. The van der Waals surface area contributed by atoms with Crippen LogP contribution in [0.15, 0.2) is 35.9 Å². The molecule has 0 aromatic heterocycles. The van der Waals surface area contributed by atoms with Gasteiger partial charge in [0.05, 0.1) is 17.8 Å². The predicted octanol–water partition coefficient (Wildman–Crippen LogP) is 2.19. The summed E-state index contributed by atoms with van der Waals surface area (Å²) >= 11 is 6.05. The highest BCUT2D eigenvalue weighted by atomic mass is 35.5. The van der Waals surface area contributed by atoms with Crippen molar-refractivity contribution in [1.29, 1.82) is 0 Å². The fraction of sp³-hybridized carbons (Fsp3) is 0.500. The number of allylic oxidation sites excluding steroid dienone is 1. The molecule has 0 aliphatic heterocycles. The summed E-state index contributed by atoms with van der Waals surface area (Å²) in [5, 5.41) is 6.28. The lowest BCUT2D eigenvalue weighted by atomic mass is 9.97. The first kappa shape index (κ1) is 20.5. The lowest BCUT2D eigenvalue weighted by molar-refractivity contribution is -0.885.